The van der Waals surface area contributed by atoms with Crippen LogP contribution < -0.4 is 4.74 Å². The van der Waals surface area contributed by atoms with Crippen LogP contribution in [0.4, 0.5) is 4.39 Å². The number of likely N-dealkylation sites (tertiary alicyclic amines) is 1. The predicted octanol–water partition coefficient (Wildman–Crippen LogP) is 4.55. The second-order valence-electron chi connectivity index (χ2n) is 8.75. The molecule has 3 rings (SSSR count). The average Bonchev–Trinajstić information content (AvgIpc) is 3.11. The van der Waals surface area contributed by atoms with Crippen LogP contribution in [0.5, 0.6) is 5.75 Å². The Hall–Kier alpha value is -2.40. The lowest BCUT2D eigenvalue weighted by Crippen LogP contribution is -2.38. The number of nitrogens with zero attached hydrogens (tertiary/aromatic N) is 2. The Labute approximate surface area is 179 Å². The topological polar surface area (TPSA) is 32.8 Å². The Kier molecular flexibility index (Phi) is 7.48. The highest BCUT2D eigenvalue weighted by molar-refractivity contribution is 5.73. The molecular weight excluding hydrogens is 379 g/mol. The largest absolute Gasteiger partial charge is 0.497 e. The summed E-state index contributed by atoms with van der Waals surface area (Å²) in [6.45, 7) is 9.62. The molecule has 0 aromatic heterocycles. The SMILES string of the molecule is COc1cccc(C2CN(Cc3ccccc3F)CC2CN(CC(C)C)C(C)=O)c1. The monoisotopic (exact) mass is 412 g/mol. The first-order chi connectivity index (χ1) is 14.4. The average molecular weight is 413 g/mol. The van der Waals surface area contributed by atoms with Crippen molar-refractivity contribution in [3.8, 4) is 5.75 Å². The molecule has 1 heterocycles. The fraction of sp³-hybridized carbons (Fsp3) is 0.480. The van der Waals surface area contributed by atoms with Crippen molar-refractivity contribution in [3.05, 3.63) is 65.5 Å². The molecule has 0 spiro atoms. The number of benzene rings is 2. The quantitative estimate of drug-likeness (QED) is 0.637. The molecule has 1 saturated heterocycles. The lowest BCUT2D eigenvalue weighted by atomic mass is 9.88. The van der Waals surface area contributed by atoms with Gasteiger partial charge in [-0.3, -0.25) is 9.69 Å². The van der Waals surface area contributed by atoms with Crippen LogP contribution in [-0.2, 0) is 11.3 Å². The second kappa shape index (κ2) is 10.1. The molecule has 0 saturated carbocycles. The standard InChI is InChI=1S/C25H33FN2O2/c1-18(2)13-28(19(3)29)16-22-15-27(14-21-8-5-6-11-25(21)26)17-24(22)20-9-7-10-23(12-20)30-4/h5-12,18,22,24H,13-17H2,1-4H3. The first-order valence-electron chi connectivity index (χ1n) is 10.7. The number of amides is 1. The van der Waals surface area contributed by atoms with E-state index in [2.05, 4.69) is 30.9 Å². The van der Waals surface area contributed by atoms with E-state index in [4.69, 9.17) is 4.74 Å². The molecule has 2 aromatic carbocycles. The van der Waals surface area contributed by atoms with Crippen LogP contribution >= 0.6 is 0 Å². The molecule has 1 aliphatic rings. The van der Waals surface area contributed by atoms with Crippen molar-refractivity contribution in [2.24, 2.45) is 11.8 Å². The van der Waals surface area contributed by atoms with E-state index in [0.29, 0.717) is 24.6 Å². The van der Waals surface area contributed by atoms with Gasteiger partial charge in [-0.25, -0.2) is 4.39 Å². The van der Waals surface area contributed by atoms with Crippen molar-refractivity contribution in [1.29, 1.82) is 0 Å². The Balaban J connectivity index is 1.83. The lowest BCUT2D eigenvalue weighted by molar-refractivity contribution is -0.130. The summed E-state index contributed by atoms with van der Waals surface area (Å²) in [5.74, 6) is 1.75. The summed E-state index contributed by atoms with van der Waals surface area (Å²) in [4.78, 5) is 16.5. The van der Waals surface area contributed by atoms with E-state index in [-0.39, 0.29) is 23.6 Å². The van der Waals surface area contributed by atoms with Gasteiger partial charge in [-0.05, 0) is 35.6 Å². The molecule has 4 nitrogen and oxygen atoms in total. The van der Waals surface area contributed by atoms with E-state index < -0.39 is 0 Å². The van der Waals surface area contributed by atoms with Crippen LogP contribution in [-0.4, -0.2) is 49.0 Å². The Bertz CT molecular complexity index is 855. The minimum atomic E-state index is -0.163. The van der Waals surface area contributed by atoms with Crippen LogP contribution in [0.2, 0.25) is 0 Å². The number of methoxy groups -OCH3 is 1. The summed E-state index contributed by atoms with van der Waals surface area (Å²) in [5.41, 5.74) is 1.93. The van der Waals surface area contributed by atoms with E-state index >= 15 is 0 Å². The van der Waals surface area contributed by atoms with Gasteiger partial charge < -0.3 is 9.64 Å². The molecular formula is C25H33FN2O2. The molecule has 1 amide bonds. The van der Waals surface area contributed by atoms with Gasteiger partial charge in [0.1, 0.15) is 11.6 Å². The van der Waals surface area contributed by atoms with Crippen molar-refractivity contribution < 1.29 is 13.9 Å². The molecule has 162 valence electrons. The molecule has 30 heavy (non-hydrogen) atoms. The van der Waals surface area contributed by atoms with Gasteiger partial charge in [0.05, 0.1) is 7.11 Å². The van der Waals surface area contributed by atoms with Crippen LogP contribution in [0, 0.1) is 17.7 Å². The fourth-order valence-corrected chi connectivity index (χ4v) is 4.45. The third kappa shape index (κ3) is 5.60. The lowest BCUT2D eigenvalue weighted by Gasteiger charge is -2.29. The van der Waals surface area contributed by atoms with E-state index in [1.165, 1.54) is 11.6 Å². The fourth-order valence-electron chi connectivity index (χ4n) is 4.45. The molecule has 2 atom stereocenters. The molecule has 0 aliphatic carbocycles. The van der Waals surface area contributed by atoms with Crippen molar-refractivity contribution in [1.82, 2.24) is 9.80 Å². The molecule has 0 radical (unpaired) electrons. The summed E-state index contributed by atoms with van der Waals surface area (Å²) in [7, 11) is 1.68. The minimum absolute atomic E-state index is 0.112. The number of carbonyl (C=O) groups is 1. The van der Waals surface area contributed by atoms with Crippen LogP contribution in [0.1, 0.15) is 37.8 Å². The number of ether oxygens (including phenoxy) is 1. The predicted molar refractivity (Wildman–Crippen MR) is 118 cm³/mol. The van der Waals surface area contributed by atoms with Crippen LogP contribution in [0.25, 0.3) is 0 Å². The maximum Gasteiger partial charge on any atom is 0.219 e. The summed E-state index contributed by atoms with van der Waals surface area (Å²) >= 11 is 0. The van der Waals surface area contributed by atoms with E-state index in [1.54, 1.807) is 20.1 Å². The van der Waals surface area contributed by atoms with Gasteiger partial charge in [0.25, 0.3) is 0 Å². The van der Waals surface area contributed by atoms with Gasteiger partial charge in [0.15, 0.2) is 0 Å². The first kappa shape index (κ1) is 22.3. The van der Waals surface area contributed by atoms with Gasteiger partial charge in [0.2, 0.25) is 5.91 Å². The van der Waals surface area contributed by atoms with Crippen molar-refractivity contribution in [2.75, 3.05) is 33.3 Å². The second-order valence-corrected chi connectivity index (χ2v) is 8.75. The maximum atomic E-state index is 14.2. The molecule has 2 unspecified atom stereocenters. The molecule has 5 heteroatoms. The number of halogens is 1. The summed E-state index contributed by atoms with van der Waals surface area (Å²) in [6.07, 6.45) is 0. The van der Waals surface area contributed by atoms with E-state index in [9.17, 15) is 9.18 Å². The highest BCUT2D eigenvalue weighted by atomic mass is 19.1. The van der Waals surface area contributed by atoms with Crippen LogP contribution in [0.3, 0.4) is 0 Å². The summed E-state index contributed by atoms with van der Waals surface area (Å²) < 4.78 is 19.7. The zero-order valence-electron chi connectivity index (χ0n) is 18.5. The summed E-state index contributed by atoms with van der Waals surface area (Å²) in [6, 6.07) is 15.2. The minimum Gasteiger partial charge on any atom is -0.497 e. The zero-order valence-corrected chi connectivity index (χ0v) is 18.5. The van der Waals surface area contributed by atoms with Crippen LogP contribution in [0.15, 0.2) is 48.5 Å². The summed E-state index contributed by atoms with van der Waals surface area (Å²) in [5, 5.41) is 0. The third-order valence-electron chi connectivity index (χ3n) is 5.88. The van der Waals surface area contributed by atoms with Crippen molar-refractivity contribution in [2.45, 2.75) is 33.2 Å². The highest BCUT2D eigenvalue weighted by Gasteiger charge is 2.35. The number of hydrogen-bond acceptors (Lipinski definition) is 3. The zero-order chi connectivity index (χ0) is 21.7. The molecule has 2 aromatic rings. The molecule has 0 N–H and O–H groups in total. The molecule has 1 aliphatic heterocycles. The Morgan fingerprint density at radius 1 is 1.20 bits per heavy atom. The normalized spacial score (nSPS) is 19.3. The number of hydrogen-bond donors (Lipinski definition) is 0. The van der Waals surface area contributed by atoms with Gasteiger partial charge >= 0.3 is 0 Å². The highest BCUT2D eigenvalue weighted by Crippen LogP contribution is 2.35. The van der Waals surface area contributed by atoms with E-state index in [1.807, 2.05) is 29.2 Å². The van der Waals surface area contributed by atoms with Gasteiger partial charge in [-0.2, -0.15) is 0 Å². The number of rotatable bonds is 8. The van der Waals surface area contributed by atoms with Gasteiger partial charge in [-0.15, -0.1) is 0 Å². The number of carbonyl (C=O) groups excluding carboxylic acids is 1. The Morgan fingerprint density at radius 3 is 2.63 bits per heavy atom. The van der Waals surface area contributed by atoms with E-state index in [0.717, 1.165) is 25.4 Å². The Morgan fingerprint density at radius 2 is 1.97 bits per heavy atom. The van der Waals surface area contributed by atoms with Gasteiger partial charge in [0, 0.05) is 51.1 Å². The van der Waals surface area contributed by atoms with Crippen molar-refractivity contribution in [3.63, 3.8) is 0 Å². The van der Waals surface area contributed by atoms with Crippen molar-refractivity contribution >= 4 is 5.91 Å². The van der Waals surface area contributed by atoms with Gasteiger partial charge in [-0.1, -0.05) is 44.2 Å². The molecule has 1 fully saturated rings. The maximum absolute atomic E-state index is 14.2. The molecule has 0 bridgehead atoms. The third-order valence-corrected chi connectivity index (χ3v) is 5.88. The first-order valence-corrected chi connectivity index (χ1v) is 10.7. The smallest absolute Gasteiger partial charge is 0.219 e.